The lowest BCUT2D eigenvalue weighted by atomic mass is 9.89. The zero-order chi connectivity index (χ0) is 12.3. The van der Waals surface area contributed by atoms with Gasteiger partial charge >= 0.3 is 0 Å². The number of halogens is 3. The van der Waals surface area contributed by atoms with Crippen molar-refractivity contribution >= 4 is 49.3 Å². The van der Waals surface area contributed by atoms with Crippen LogP contribution in [0.2, 0.25) is 0 Å². The molecule has 0 unspecified atom stereocenters. The molecule has 0 atom stereocenters. The van der Waals surface area contributed by atoms with Gasteiger partial charge in [0.1, 0.15) is 5.82 Å². The number of alkyl halides is 1. The Morgan fingerprint density at radius 2 is 2.00 bits per heavy atom. The highest BCUT2D eigenvalue weighted by atomic mass is 79.9. The Kier molecular flexibility index (Phi) is 5.12. The highest BCUT2D eigenvalue weighted by molar-refractivity contribution is 9.11. The first-order valence-electron chi connectivity index (χ1n) is 5.84. The van der Waals surface area contributed by atoms with E-state index in [9.17, 15) is 0 Å². The summed E-state index contributed by atoms with van der Waals surface area (Å²) in [5.74, 6) is 1.64. The predicted molar refractivity (Wildman–Crippen MR) is 79.7 cm³/mol. The summed E-state index contributed by atoms with van der Waals surface area (Å²) >= 11 is 13.0. The first-order chi connectivity index (χ1) is 8.15. The lowest BCUT2D eigenvalue weighted by Crippen LogP contribution is -2.21. The number of anilines is 1. The van der Waals surface area contributed by atoms with Crippen molar-refractivity contribution in [3.8, 4) is 0 Å². The number of aromatic nitrogens is 1. The van der Waals surface area contributed by atoms with Gasteiger partial charge in [0.2, 0.25) is 0 Å². The molecule has 94 valence electrons. The van der Waals surface area contributed by atoms with Crippen LogP contribution in [-0.2, 0) is 0 Å². The molecular formula is C12H15Br2ClN2. The Balaban J connectivity index is 1.85. The Labute approximate surface area is 124 Å². The first kappa shape index (κ1) is 13.6. The van der Waals surface area contributed by atoms with Gasteiger partial charge in [0.25, 0.3) is 0 Å². The van der Waals surface area contributed by atoms with Crippen molar-refractivity contribution in [3.05, 3.63) is 21.2 Å². The number of nitrogens with zero attached hydrogens (tertiary/aromatic N) is 1. The average molecular weight is 383 g/mol. The average Bonchev–Trinajstić information content (AvgIpc) is 2.30. The Hall–Kier alpha value is 0.200. The molecule has 0 spiro atoms. The molecule has 1 saturated carbocycles. The van der Waals surface area contributed by atoms with Crippen molar-refractivity contribution in [2.24, 2.45) is 5.92 Å². The van der Waals surface area contributed by atoms with E-state index in [2.05, 4.69) is 42.2 Å². The molecule has 1 fully saturated rings. The van der Waals surface area contributed by atoms with Gasteiger partial charge in [-0.05, 0) is 69.5 Å². The molecule has 0 aliphatic heterocycles. The molecular weight excluding hydrogens is 367 g/mol. The minimum atomic E-state index is 0.392. The molecule has 0 amide bonds. The van der Waals surface area contributed by atoms with Crippen molar-refractivity contribution in [1.29, 1.82) is 0 Å². The molecule has 0 aromatic carbocycles. The van der Waals surface area contributed by atoms with Gasteiger partial charge in [-0.15, -0.1) is 11.6 Å². The van der Waals surface area contributed by atoms with Crippen LogP contribution in [0, 0.1) is 5.92 Å². The van der Waals surface area contributed by atoms with E-state index in [4.69, 9.17) is 11.6 Å². The van der Waals surface area contributed by atoms with Crippen LogP contribution in [0.1, 0.15) is 25.7 Å². The molecule has 1 aliphatic carbocycles. The van der Waals surface area contributed by atoms with Crippen LogP contribution in [0.25, 0.3) is 0 Å². The molecule has 0 bridgehead atoms. The van der Waals surface area contributed by atoms with Crippen LogP contribution >= 0.6 is 43.5 Å². The second kappa shape index (κ2) is 6.39. The lowest BCUT2D eigenvalue weighted by molar-refractivity contribution is 0.377. The molecule has 1 N–H and O–H groups in total. The third-order valence-corrected chi connectivity index (χ3v) is 4.62. The van der Waals surface area contributed by atoms with Crippen LogP contribution < -0.4 is 5.32 Å². The fraction of sp³-hybridized carbons (Fsp3) is 0.583. The van der Waals surface area contributed by atoms with Gasteiger partial charge in [0, 0.05) is 22.6 Å². The van der Waals surface area contributed by atoms with Crippen molar-refractivity contribution in [1.82, 2.24) is 4.98 Å². The van der Waals surface area contributed by atoms with E-state index in [1.54, 1.807) is 0 Å². The predicted octanol–water partition coefficient (Wildman–Crippen LogP) is 4.82. The molecule has 1 heterocycles. The highest BCUT2D eigenvalue weighted by Gasteiger charge is 2.19. The first-order valence-corrected chi connectivity index (χ1v) is 7.86. The molecule has 0 radical (unpaired) electrons. The van der Waals surface area contributed by atoms with Gasteiger partial charge in [-0.25, -0.2) is 4.98 Å². The zero-order valence-electron chi connectivity index (χ0n) is 9.43. The third kappa shape index (κ3) is 4.11. The lowest BCUT2D eigenvalue weighted by Gasteiger charge is -2.25. The summed E-state index contributed by atoms with van der Waals surface area (Å²) in [6.07, 6.45) is 6.53. The van der Waals surface area contributed by atoms with Crippen LogP contribution in [-0.4, -0.2) is 16.9 Å². The topological polar surface area (TPSA) is 24.9 Å². The normalized spacial score (nSPS) is 24.6. The monoisotopic (exact) mass is 380 g/mol. The minimum absolute atomic E-state index is 0.392. The smallest absolute Gasteiger partial charge is 0.140 e. The summed E-state index contributed by atoms with van der Waals surface area (Å²) in [4.78, 5) is 4.35. The van der Waals surface area contributed by atoms with E-state index in [1.165, 1.54) is 12.8 Å². The van der Waals surface area contributed by atoms with E-state index in [1.807, 2.05) is 12.3 Å². The fourth-order valence-electron chi connectivity index (χ4n) is 2.11. The van der Waals surface area contributed by atoms with Gasteiger partial charge in [0.15, 0.2) is 0 Å². The number of rotatable bonds is 3. The van der Waals surface area contributed by atoms with E-state index >= 15 is 0 Å². The highest BCUT2D eigenvalue weighted by Crippen LogP contribution is 2.29. The van der Waals surface area contributed by atoms with Crippen molar-refractivity contribution in [2.45, 2.75) is 31.1 Å². The molecule has 2 nitrogen and oxygen atoms in total. The molecule has 1 aromatic rings. The standard InChI is InChI=1S/C12H15Br2ClN2/c13-9-5-11(14)12(17-7-9)16-6-8-1-3-10(15)4-2-8/h5,7-8,10H,1-4,6H2,(H,16,17). The second-order valence-electron chi connectivity index (χ2n) is 4.48. The van der Waals surface area contributed by atoms with Crippen molar-refractivity contribution < 1.29 is 0 Å². The summed E-state index contributed by atoms with van der Waals surface area (Å²) in [7, 11) is 0. The Bertz CT molecular complexity index is 379. The van der Waals surface area contributed by atoms with Crippen LogP contribution in [0.15, 0.2) is 21.2 Å². The maximum Gasteiger partial charge on any atom is 0.140 e. The quantitative estimate of drug-likeness (QED) is 0.759. The molecule has 1 aliphatic rings. The van der Waals surface area contributed by atoms with E-state index in [-0.39, 0.29) is 0 Å². The Morgan fingerprint density at radius 3 is 2.65 bits per heavy atom. The van der Waals surface area contributed by atoms with Crippen LogP contribution in [0.4, 0.5) is 5.82 Å². The minimum Gasteiger partial charge on any atom is -0.369 e. The fourth-order valence-corrected chi connectivity index (χ4v) is 3.49. The Morgan fingerprint density at radius 1 is 1.29 bits per heavy atom. The van der Waals surface area contributed by atoms with Gasteiger partial charge in [-0.3, -0.25) is 0 Å². The second-order valence-corrected chi connectivity index (χ2v) is 6.87. The maximum atomic E-state index is 6.10. The van der Waals surface area contributed by atoms with Gasteiger partial charge in [-0.1, -0.05) is 0 Å². The maximum absolute atomic E-state index is 6.10. The number of nitrogens with one attached hydrogen (secondary N) is 1. The third-order valence-electron chi connectivity index (χ3n) is 3.14. The van der Waals surface area contributed by atoms with E-state index in [0.717, 1.165) is 40.1 Å². The van der Waals surface area contributed by atoms with Gasteiger partial charge in [0.05, 0.1) is 4.47 Å². The molecule has 5 heteroatoms. The zero-order valence-corrected chi connectivity index (χ0v) is 13.4. The van der Waals surface area contributed by atoms with Crippen LogP contribution in [0.5, 0.6) is 0 Å². The van der Waals surface area contributed by atoms with Crippen molar-refractivity contribution in [3.63, 3.8) is 0 Å². The molecule has 17 heavy (non-hydrogen) atoms. The summed E-state index contributed by atoms with van der Waals surface area (Å²) in [6.45, 7) is 0.983. The molecule has 1 aromatic heterocycles. The number of hydrogen-bond donors (Lipinski definition) is 1. The van der Waals surface area contributed by atoms with Gasteiger partial charge in [-0.2, -0.15) is 0 Å². The van der Waals surface area contributed by atoms with E-state index in [0.29, 0.717) is 5.38 Å². The van der Waals surface area contributed by atoms with Gasteiger partial charge < -0.3 is 5.32 Å². The molecule has 2 rings (SSSR count). The SMILES string of the molecule is ClC1CCC(CNc2ncc(Br)cc2Br)CC1. The summed E-state index contributed by atoms with van der Waals surface area (Å²) in [6, 6.07) is 2.00. The summed E-state index contributed by atoms with van der Waals surface area (Å²) in [5.41, 5.74) is 0. The van der Waals surface area contributed by atoms with Crippen molar-refractivity contribution in [2.75, 3.05) is 11.9 Å². The van der Waals surface area contributed by atoms with E-state index < -0.39 is 0 Å². The number of hydrogen-bond acceptors (Lipinski definition) is 2. The largest absolute Gasteiger partial charge is 0.369 e. The molecule has 0 saturated heterocycles. The summed E-state index contributed by atoms with van der Waals surface area (Å²) < 4.78 is 1.98. The number of pyridine rings is 1. The summed E-state index contributed by atoms with van der Waals surface area (Å²) in [5, 5.41) is 3.80. The van der Waals surface area contributed by atoms with Crippen LogP contribution in [0.3, 0.4) is 0 Å².